The molecule has 1 atom stereocenters. The molecule has 0 fully saturated rings. The Labute approximate surface area is 163 Å². The number of nitrogens with zero attached hydrogens (tertiary/aromatic N) is 1. The summed E-state index contributed by atoms with van der Waals surface area (Å²) >= 11 is 6.11. The van der Waals surface area contributed by atoms with Gasteiger partial charge in [-0.1, -0.05) is 60.1 Å². The van der Waals surface area contributed by atoms with Gasteiger partial charge in [0.1, 0.15) is 5.75 Å². The van der Waals surface area contributed by atoms with E-state index in [9.17, 15) is 4.79 Å². The standard InChI is InChI=1S/C22H17ClN2O2/c1-15(27-21-12-11-16(14-24)13-19(21)23)22(26)25-20-10-6-5-9-18(20)17-7-3-2-4-8-17/h2-13,15H,1H3,(H,25,26)/t15-/m1/s1. The van der Waals surface area contributed by atoms with Gasteiger partial charge in [-0.25, -0.2) is 0 Å². The Bertz CT molecular complexity index is 997. The first kappa shape index (κ1) is 18.5. The quantitative estimate of drug-likeness (QED) is 0.658. The number of ether oxygens (including phenoxy) is 1. The van der Waals surface area contributed by atoms with Crippen LogP contribution in [0.3, 0.4) is 0 Å². The van der Waals surface area contributed by atoms with Gasteiger partial charge in [-0.3, -0.25) is 4.79 Å². The van der Waals surface area contributed by atoms with E-state index in [4.69, 9.17) is 21.6 Å². The number of rotatable bonds is 5. The zero-order valence-electron chi connectivity index (χ0n) is 14.6. The second-order valence-corrected chi connectivity index (χ2v) is 6.33. The highest BCUT2D eigenvalue weighted by molar-refractivity contribution is 6.32. The number of nitrogens with one attached hydrogen (secondary N) is 1. The fraction of sp³-hybridized carbons (Fsp3) is 0.0909. The van der Waals surface area contributed by atoms with Gasteiger partial charge in [-0.15, -0.1) is 0 Å². The van der Waals surface area contributed by atoms with Crippen molar-refractivity contribution in [2.24, 2.45) is 0 Å². The summed E-state index contributed by atoms with van der Waals surface area (Å²) in [5, 5.41) is 12.1. The molecule has 27 heavy (non-hydrogen) atoms. The highest BCUT2D eigenvalue weighted by Gasteiger charge is 2.18. The number of hydrogen-bond acceptors (Lipinski definition) is 3. The maximum absolute atomic E-state index is 12.6. The van der Waals surface area contributed by atoms with E-state index in [0.717, 1.165) is 11.1 Å². The number of carbonyl (C=O) groups is 1. The molecule has 0 heterocycles. The Morgan fingerprint density at radius 3 is 2.48 bits per heavy atom. The molecule has 134 valence electrons. The third-order valence-corrected chi connectivity index (χ3v) is 4.30. The molecule has 0 unspecified atom stereocenters. The number of para-hydroxylation sites is 1. The maximum atomic E-state index is 12.6. The van der Waals surface area contributed by atoms with Crippen LogP contribution in [0.25, 0.3) is 11.1 Å². The molecule has 0 saturated carbocycles. The average Bonchev–Trinajstić information content (AvgIpc) is 2.70. The minimum atomic E-state index is -0.765. The lowest BCUT2D eigenvalue weighted by Crippen LogP contribution is -2.30. The van der Waals surface area contributed by atoms with Gasteiger partial charge in [-0.2, -0.15) is 5.26 Å². The van der Waals surface area contributed by atoms with Crippen LogP contribution in [-0.4, -0.2) is 12.0 Å². The number of amides is 1. The van der Waals surface area contributed by atoms with Gasteiger partial charge >= 0.3 is 0 Å². The Kier molecular flexibility index (Phi) is 5.75. The van der Waals surface area contributed by atoms with Crippen LogP contribution in [0.5, 0.6) is 5.75 Å². The van der Waals surface area contributed by atoms with Gasteiger partial charge in [0, 0.05) is 11.3 Å². The minimum absolute atomic E-state index is 0.290. The van der Waals surface area contributed by atoms with Gasteiger partial charge < -0.3 is 10.1 Å². The topological polar surface area (TPSA) is 62.1 Å². The van der Waals surface area contributed by atoms with Crippen molar-refractivity contribution >= 4 is 23.2 Å². The van der Waals surface area contributed by atoms with Crippen molar-refractivity contribution in [2.75, 3.05) is 5.32 Å². The third kappa shape index (κ3) is 4.46. The van der Waals surface area contributed by atoms with Crippen LogP contribution in [0.2, 0.25) is 5.02 Å². The first-order chi connectivity index (χ1) is 13.1. The van der Waals surface area contributed by atoms with E-state index in [1.54, 1.807) is 19.1 Å². The molecule has 0 saturated heterocycles. The zero-order valence-corrected chi connectivity index (χ0v) is 15.4. The number of carbonyl (C=O) groups excluding carboxylic acids is 1. The molecular formula is C22H17ClN2O2. The summed E-state index contributed by atoms with van der Waals surface area (Å²) in [5.41, 5.74) is 3.07. The summed E-state index contributed by atoms with van der Waals surface area (Å²) in [6.45, 7) is 1.65. The molecule has 0 aliphatic heterocycles. The Morgan fingerprint density at radius 1 is 1.07 bits per heavy atom. The van der Waals surface area contributed by atoms with Crippen LogP contribution in [0.15, 0.2) is 72.8 Å². The molecule has 3 rings (SSSR count). The van der Waals surface area contributed by atoms with Crippen molar-refractivity contribution in [1.29, 1.82) is 5.26 Å². The molecule has 0 aliphatic rings. The van der Waals surface area contributed by atoms with Crippen LogP contribution < -0.4 is 10.1 Å². The van der Waals surface area contributed by atoms with E-state index in [1.807, 2.05) is 60.7 Å². The predicted molar refractivity (Wildman–Crippen MR) is 107 cm³/mol. The average molecular weight is 377 g/mol. The minimum Gasteiger partial charge on any atom is -0.479 e. The monoisotopic (exact) mass is 376 g/mol. The second kappa shape index (κ2) is 8.39. The molecule has 4 nitrogen and oxygen atoms in total. The van der Waals surface area contributed by atoms with Crippen molar-refractivity contribution in [3.8, 4) is 22.9 Å². The lowest BCUT2D eigenvalue weighted by atomic mass is 10.0. The van der Waals surface area contributed by atoms with Gasteiger partial charge in [0.25, 0.3) is 5.91 Å². The molecule has 3 aromatic rings. The van der Waals surface area contributed by atoms with Gasteiger partial charge in [0.05, 0.1) is 16.7 Å². The molecule has 5 heteroatoms. The van der Waals surface area contributed by atoms with Crippen molar-refractivity contribution in [3.05, 3.63) is 83.4 Å². The number of benzene rings is 3. The van der Waals surface area contributed by atoms with Crippen LogP contribution in [0.1, 0.15) is 12.5 Å². The molecule has 0 aromatic heterocycles. The van der Waals surface area contributed by atoms with Crippen molar-refractivity contribution < 1.29 is 9.53 Å². The Balaban J connectivity index is 1.75. The molecule has 1 amide bonds. The summed E-state index contributed by atoms with van der Waals surface area (Å²) in [6, 6.07) is 24.1. The SMILES string of the molecule is C[C@@H](Oc1ccc(C#N)cc1Cl)C(=O)Nc1ccccc1-c1ccccc1. The first-order valence-corrected chi connectivity index (χ1v) is 8.78. The molecule has 0 aliphatic carbocycles. The lowest BCUT2D eigenvalue weighted by molar-refractivity contribution is -0.122. The normalized spacial score (nSPS) is 11.3. The Hall–Kier alpha value is -3.29. The van der Waals surface area contributed by atoms with Crippen LogP contribution in [0.4, 0.5) is 5.69 Å². The molecule has 3 aromatic carbocycles. The number of hydrogen-bond donors (Lipinski definition) is 1. The zero-order chi connectivity index (χ0) is 19.2. The van der Waals surface area contributed by atoms with Crippen molar-refractivity contribution in [2.45, 2.75) is 13.0 Å². The smallest absolute Gasteiger partial charge is 0.265 e. The van der Waals surface area contributed by atoms with E-state index in [1.165, 1.54) is 6.07 Å². The van der Waals surface area contributed by atoms with Crippen LogP contribution >= 0.6 is 11.6 Å². The van der Waals surface area contributed by atoms with Crippen LogP contribution in [0, 0.1) is 11.3 Å². The van der Waals surface area contributed by atoms with Crippen molar-refractivity contribution in [1.82, 2.24) is 0 Å². The van der Waals surface area contributed by atoms with Crippen LogP contribution in [-0.2, 0) is 4.79 Å². The predicted octanol–water partition coefficient (Wildman–Crippen LogP) is 5.28. The van der Waals surface area contributed by atoms with Gasteiger partial charge in [-0.05, 0) is 36.8 Å². The summed E-state index contributed by atoms with van der Waals surface area (Å²) in [6.07, 6.45) is -0.765. The van der Waals surface area contributed by atoms with E-state index < -0.39 is 6.10 Å². The summed E-state index contributed by atoms with van der Waals surface area (Å²) in [7, 11) is 0. The summed E-state index contributed by atoms with van der Waals surface area (Å²) in [4.78, 5) is 12.6. The highest BCUT2D eigenvalue weighted by atomic mass is 35.5. The van der Waals surface area contributed by atoms with E-state index in [-0.39, 0.29) is 5.91 Å². The number of anilines is 1. The van der Waals surface area contributed by atoms with Gasteiger partial charge in [0.15, 0.2) is 6.10 Å². The summed E-state index contributed by atoms with van der Waals surface area (Å²) in [5.74, 6) is 0.0634. The molecule has 1 N–H and O–H groups in total. The molecular weight excluding hydrogens is 360 g/mol. The third-order valence-electron chi connectivity index (χ3n) is 4.00. The highest BCUT2D eigenvalue weighted by Crippen LogP contribution is 2.29. The number of nitriles is 1. The number of halogens is 1. The van der Waals surface area contributed by atoms with E-state index >= 15 is 0 Å². The maximum Gasteiger partial charge on any atom is 0.265 e. The van der Waals surface area contributed by atoms with E-state index in [2.05, 4.69) is 5.32 Å². The largest absolute Gasteiger partial charge is 0.479 e. The molecule has 0 bridgehead atoms. The van der Waals surface area contributed by atoms with E-state index in [0.29, 0.717) is 22.0 Å². The molecule has 0 spiro atoms. The fourth-order valence-corrected chi connectivity index (χ4v) is 2.83. The fourth-order valence-electron chi connectivity index (χ4n) is 2.61. The first-order valence-electron chi connectivity index (χ1n) is 8.40. The second-order valence-electron chi connectivity index (χ2n) is 5.92. The van der Waals surface area contributed by atoms with Gasteiger partial charge in [0.2, 0.25) is 0 Å². The molecule has 0 radical (unpaired) electrons. The lowest BCUT2D eigenvalue weighted by Gasteiger charge is -2.17. The summed E-state index contributed by atoms with van der Waals surface area (Å²) < 4.78 is 5.67. The Morgan fingerprint density at radius 2 is 1.78 bits per heavy atom. The van der Waals surface area contributed by atoms with Crippen molar-refractivity contribution in [3.63, 3.8) is 0 Å².